The number of amides is 1. The summed E-state index contributed by atoms with van der Waals surface area (Å²) in [5.74, 6) is -0.572. The molecule has 3 aromatic rings. The van der Waals surface area contributed by atoms with Crippen LogP contribution in [-0.4, -0.2) is 23.6 Å². The predicted molar refractivity (Wildman–Crippen MR) is 96.1 cm³/mol. The van der Waals surface area contributed by atoms with Crippen LogP contribution in [0.1, 0.15) is 16.8 Å². The number of hydrogen-bond donors (Lipinski definition) is 1. The Labute approximate surface area is 149 Å². The summed E-state index contributed by atoms with van der Waals surface area (Å²) in [6, 6.07) is 14.0. The molecule has 0 saturated heterocycles. The van der Waals surface area contributed by atoms with Crippen LogP contribution in [0.25, 0.3) is 11.1 Å². The number of anilines is 1. The maximum absolute atomic E-state index is 12.1. The Hall–Kier alpha value is -2.93. The van der Waals surface area contributed by atoms with Crippen molar-refractivity contribution in [3.05, 3.63) is 58.9 Å². The number of oxazole rings is 1. The Bertz CT molecular complexity index is 973. The Morgan fingerprint density at radius 2 is 1.88 bits per heavy atom. The third-order valence-corrected chi connectivity index (χ3v) is 4.03. The molecule has 0 atom stereocenters. The number of fused-ring (bicyclic) bond motifs is 1. The van der Waals surface area contributed by atoms with Crippen molar-refractivity contribution in [2.45, 2.75) is 13.0 Å². The highest BCUT2D eigenvalue weighted by atomic mass is 32.1. The molecule has 128 valence electrons. The Morgan fingerprint density at radius 1 is 1.16 bits per heavy atom. The standard InChI is InChI=1S/C18H16N2O4S/c1-23-17(22)12-6-8-13(9-7-12)19-16(21)10-11-20-14-4-2-3-5-15(14)24-18(20)25/h2-9H,10-11H2,1H3,(H,19,21). The summed E-state index contributed by atoms with van der Waals surface area (Å²) in [6.45, 7) is 0.419. The maximum Gasteiger partial charge on any atom is 0.337 e. The Balaban J connectivity index is 1.64. The van der Waals surface area contributed by atoms with Crippen molar-refractivity contribution in [2.75, 3.05) is 12.4 Å². The van der Waals surface area contributed by atoms with Gasteiger partial charge < -0.3 is 14.5 Å². The molecule has 0 aliphatic rings. The number of ether oxygens (including phenoxy) is 1. The van der Waals surface area contributed by atoms with Gasteiger partial charge in [0.2, 0.25) is 5.91 Å². The van der Waals surface area contributed by atoms with Gasteiger partial charge in [-0.3, -0.25) is 9.36 Å². The fourth-order valence-electron chi connectivity index (χ4n) is 2.47. The topological polar surface area (TPSA) is 73.5 Å². The zero-order valence-corrected chi connectivity index (χ0v) is 14.3. The molecule has 1 aromatic heterocycles. The highest BCUT2D eigenvalue weighted by Crippen LogP contribution is 2.17. The van der Waals surface area contributed by atoms with Crippen molar-refractivity contribution in [3.8, 4) is 0 Å². The lowest BCUT2D eigenvalue weighted by Gasteiger charge is -2.07. The van der Waals surface area contributed by atoms with E-state index in [4.69, 9.17) is 16.6 Å². The van der Waals surface area contributed by atoms with Crippen LogP contribution < -0.4 is 5.32 Å². The molecule has 2 aromatic carbocycles. The van der Waals surface area contributed by atoms with Crippen LogP contribution in [-0.2, 0) is 16.1 Å². The van der Waals surface area contributed by atoms with Crippen molar-refractivity contribution in [3.63, 3.8) is 0 Å². The molecular formula is C18H16N2O4S. The van der Waals surface area contributed by atoms with Crippen molar-refractivity contribution >= 4 is 40.9 Å². The molecule has 0 spiro atoms. The number of rotatable bonds is 5. The van der Waals surface area contributed by atoms with Crippen LogP contribution in [0.5, 0.6) is 0 Å². The fraction of sp³-hybridized carbons (Fsp3) is 0.167. The van der Waals surface area contributed by atoms with E-state index in [0.717, 1.165) is 5.52 Å². The largest absolute Gasteiger partial charge is 0.465 e. The van der Waals surface area contributed by atoms with E-state index in [-0.39, 0.29) is 12.3 Å². The van der Waals surface area contributed by atoms with E-state index in [1.54, 1.807) is 28.8 Å². The number of aryl methyl sites for hydroxylation is 1. The third kappa shape index (κ3) is 3.77. The Morgan fingerprint density at radius 3 is 2.60 bits per heavy atom. The van der Waals surface area contributed by atoms with Gasteiger partial charge in [-0.25, -0.2) is 4.79 Å². The maximum atomic E-state index is 12.1. The second-order valence-electron chi connectivity index (χ2n) is 5.35. The van der Waals surface area contributed by atoms with Gasteiger partial charge in [-0.15, -0.1) is 0 Å². The highest BCUT2D eigenvalue weighted by Gasteiger charge is 2.09. The first kappa shape index (κ1) is 16.9. The van der Waals surface area contributed by atoms with E-state index in [9.17, 15) is 9.59 Å². The summed E-state index contributed by atoms with van der Waals surface area (Å²) in [5, 5.41) is 2.79. The molecule has 0 bridgehead atoms. The van der Waals surface area contributed by atoms with E-state index in [1.165, 1.54) is 7.11 Å². The first-order valence-corrected chi connectivity index (χ1v) is 8.06. The molecule has 1 amide bonds. The summed E-state index contributed by atoms with van der Waals surface area (Å²) in [4.78, 5) is 23.9. The zero-order chi connectivity index (χ0) is 17.8. The van der Waals surface area contributed by atoms with Crippen LogP contribution in [0, 0.1) is 4.84 Å². The Kier molecular flexibility index (Phi) is 4.95. The van der Waals surface area contributed by atoms with Crippen molar-refractivity contribution < 1.29 is 18.7 Å². The summed E-state index contributed by atoms with van der Waals surface area (Å²) >= 11 is 5.21. The summed E-state index contributed by atoms with van der Waals surface area (Å²) in [7, 11) is 1.32. The van der Waals surface area contributed by atoms with Crippen LogP contribution in [0.3, 0.4) is 0 Å². The molecule has 0 saturated carbocycles. The van der Waals surface area contributed by atoms with E-state index in [2.05, 4.69) is 10.1 Å². The summed E-state index contributed by atoms with van der Waals surface area (Å²) in [5.41, 5.74) is 2.60. The lowest BCUT2D eigenvalue weighted by atomic mass is 10.2. The molecule has 0 radical (unpaired) electrons. The number of methoxy groups -OCH3 is 1. The SMILES string of the molecule is COC(=O)c1ccc(NC(=O)CCn2c(=S)oc3ccccc32)cc1. The van der Waals surface area contributed by atoms with Gasteiger partial charge in [0.05, 0.1) is 18.2 Å². The molecule has 3 rings (SSSR count). The van der Waals surface area contributed by atoms with Gasteiger partial charge in [0, 0.05) is 18.7 Å². The smallest absolute Gasteiger partial charge is 0.337 e. The third-order valence-electron chi connectivity index (χ3n) is 3.73. The number of para-hydroxylation sites is 2. The number of nitrogens with zero attached hydrogens (tertiary/aromatic N) is 1. The number of benzene rings is 2. The zero-order valence-electron chi connectivity index (χ0n) is 13.5. The molecule has 25 heavy (non-hydrogen) atoms. The van der Waals surface area contributed by atoms with Gasteiger partial charge in [0.1, 0.15) is 0 Å². The van der Waals surface area contributed by atoms with Crippen molar-refractivity contribution in [1.82, 2.24) is 4.57 Å². The van der Waals surface area contributed by atoms with E-state index in [1.807, 2.05) is 24.3 Å². The van der Waals surface area contributed by atoms with Gasteiger partial charge in [0.25, 0.3) is 4.84 Å². The van der Waals surface area contributed by atoms with Gasteiger partial charge in [-0.2, -0.15) is 0 Å². The van der Waals surface area contributed by atoms with Crippen LogP contribution in [0.4, 0.5) is 5.69 Å². The molecule has 7 heteroatoms. The van der Waals surface area contributed by atoms with Gasteiger partial charge in [-0.1, -0.05) is 12.1 Å². The molecule has 0 aliphatic heterocycles. The molecule has 1 N–H and O–H groups in total. The minimum absolute atomic E-state index is 0.155. The number of hydrogen-bond acceptors (Lipinski definition) is 5. The molecule has 0 aliphatic carbocycles. The van der Waals surface area contributed by atoms with Crippen LogP contribution in [0.2, 0.25) is 0 Å². The normalized spacial score (nSPS) is 10.6. The number of esters is 1. The van der Waals surface area contributed by atoms with E-state index >= 15 is 0 Å². The average Bonchev–Trinajstić information content (AvgIpc) is 2.95. The minimum atomic E-state index is -0.418. The van der Waals surface area contributed by atoms with Crippen molar-refractivity contribution in [2.24, 2.45) is 0 Å². The average molecular weight is 356 g/mol. The second-order valence-corrected chi connectivity index (χ2v) is 5.70. The van der Waals surface area contributed by atoms with Crippen LogP contribution >= 0.6 is 12.2 Å². The number of carbonyl (C=O) groups is 2. The summed E-state index contributed by atoms with van der Waals surface area (Å²) < 4.78 is 11.9. The minimum Gasteiger partial charge on any atom is -0.465 e. The first-order chi connectivity index (χ1) is 12.1. The molecular weight excluding hydrogens is 340 g/mol. The summed E-state index contributed by atoms with van der Waals surface area (Å²) in [6.07, 6.45) is 0.247. The molecule has 6 nitrogen and oxygen atoms in total. The van der Waals surface area contributed by atoms with E-state index in [0.29, 0.717) is 28.2 Å². The lowest BCUT2D eigenvalue weighted by molar-refractivity contribution is -0.116. The van der Waals surface area contributed by atoms with Gasteiger partial charge >= 0.3 is 5.97 Å². The van der Waals surface area contributed by atoms with Crippen molar-refractivity contribution in [1.29, 1.82) is 0 Å². The quantitative estimate of drug-likeness (QED) is 0.556. The number of aromatic nitrogens is 1. The van der Waals surface area contributed by atoms with E-state index < -0.39 is 5.97 Å². The monoisotopic (exact) mass is 356 g/mol. The van der Waals surface area contributed by atoms with Gasteiger partial charge in [0.15, 0.2) is 5.58 Å². The number of nitrogens with one attached hydrogen (secondary N) is 1. The molecule has 1 heterocycles. The fourth-order valence-corrected chi connectivity index (χ4v) is 2.75. The van der Waals surface area contributed by atoms with Crippen LogP contribution in [0.15, 0.2) is 52.9 Å². The predicted octanol–water partition coefficient (Wildman–Crippen LogP) is 3.78. The molecule has 0 unspecified atom stereocenters. The second kappa shape index (κ2) is 7.31. The first-order valence-electron chi connectivity index (χ1n) is 7.65. The highest BCUT2D eigenvalue weighted by molar-refractivity contribution is 7.71. The lowest BCUT2D eigenvalue weighted by Crippen LogP contribution is -2.14. The number of carbonyl (C=O) groups excluding carboxylic acids is 2. The van der Waals surface area contributed by atoms with Gasteiger partial charge in [-0.05, 0) is 48.6 Å². The molecule has 0 fully saturated rings.